The van der Waals surface area contributed by atoms with E-state index < -0.39 is 0 Å². The lowest BCUT2D eigenvalue weighted by molar-refractivity contribution is -0.123. The third-order valence-corrected chi connectivity index (χ3v) is 3.85. The minimum Gasteiger partial charge on any atom is -0.393 e. The predicted molar refractivity (Wildman–Crippen MR) is 73.3 cm³/mol. The van der Waals surface area contributed by atoms with Crippen LogP contribution < -0.4 is 5.32 Å². The van der Waals surface area contributed by atoms with Crippen molar-refractivity contribution in [1.82, 2.24) is 10.2 Å². The van der Waals surface area contributed by atoms with E-state index in [1.54, 1.807) is 0 Å². The maximum atomic E-state index is 11.9. The van der Waals surface area contributed by atoms with Gasteiger partial charge in [0.15, 0.2) is 0 Å². The second-order valence-electron chi connectivity index (χ2n) is 5.95. The highest BCUT2D eigenvalue weighted by Gasteiger charge is 2.27. The van der Waals surface area contributed by atoms with Crippen molar-refractivity contribution >= 4 is 5.91 Å². The van der Waals surface area contributed by atoms with Crippen molar-refractivity contribution in [1.29, 1.82) is 0 Å². The normalized spacial score (nSPS) is 24.2. The monoisotopic (exact) mass is 256 g/mol. The van der Waals surface area contributed by atoms with Gasteiger partial charge in [-0.3, -0.25) is 9.69 Å². The molecule has 0 radical (unpaired) electrons. The summed E-state index contributed by atoms with van der Waals surface area (Å²) >= 11 is 0. The number of amides is 1. The maximum absolute atomic E-state index is 11.9. The molecule has 1 fully saturated rings. The van der Waals surface area contributed by atoms with Gasteiger partial charge < -0.3 is 10.4 Å². The topological polar surface area (TPSA) is 52.6 Å². The number of hydrogen-bond donors (Lipinski definition) is 2. The molecule has 0 bridgehead atoms. The summed E-state index contributed by atoms with van der Waals surface area (Å²) in [6.07, 6.45) is 2.71. The third-order valence-electron chi connectivity index (χ3n) is 3.85. The highest BCUT2D eigenvalue weighted by molar-refractivity contribution is 5.78. The van der Waals surface area contributed by atoms with Crippen molar-refractivity contribution < 1.29 is 9.90 Å². The van der Waals surface area contributed by atoms with E-state index in [0.717, 1.165) is 25.8 Å². The first-order valence-electron chi connectivity index (χ1n) is 7.11. The molecule has 1 rings (SSSR count). The van der Waals surface area contributed by atoms with Gasteiger partial charge in [0.2, 0.25) is 5.91 Å². The maximum Gasteiger partial charge on any atom is 0.234 e. The average molecular weight is 256 g/mol. The summed E-state index contributed by atoms with van der Waals surface area (Å²) in [5.41, 5.74) is 0. The Morgan fingerprint density at radius 3 is 2.61 bits per heavy atom. The van der Waals surface area contributed by atoms with Crippen molar-refractivity contribution in [3.63, 3.8) is 0 Å². The Hall–Kier alpha value is -0.610. The first-order chi connectivity index (χ1) is 8.40. The van der Waals surface area contributed by atoms with Gasteiger partial charge in [-0.25, -0.2) is 0 Å². The van der Waals surface area contributed by atoms with Gasteiger partial charge in [0.25, 0.3) is 0 Å². The summed E-state index contributed by atoms with van der Waals surface area (Å²) in [7, 11) is 0. The van der Waals surface area contributed by atoms with Gasteiger partial charge in [-0.15, -0.1) is 0 Å². The molecule has 3 unspecified atom stereocenters. The molecule has 0 aromatic rings. The average Bonchev–Trinajstić information content (AvgIpc) is 2.64. The van der Waals surface area contributed by atoms with Crippen LogP contribution in [0.3, 0.4) is 0 Å². The molecule has 0 aromatic heterocycles. The van der Waals surface area contributed by atoms with Crippen LogP contribution in [0.5, 0.6) is 0 Å². The molecule has 1 amide bonds. The second kappa shape index (κ2) is 7.10. The Morgan fingerprint density at radius 1 is 1.39 bits per heavy atom. The molecule has 0 aromatic carbocycles. The zero-order chi connectivity index (χ0) is 13.7. The molecule has 1 aliphatic heterocycles. The first kappa shape index (κ1) is 15.4. The highest BCUT2D eigenvalue weighted by atomic mass is 16.3. The molecule has 3 atom stereocenters. The Labute approximate surface area is 111 Å². The van der Waals surface area contributed by atoms with Crippen LogP contribution in [0.2, 0.25) is 0 Å². The predicted octanol–water partition coefficient (Wildman–Crippen LogP) is 1.38. The molecule has 4 heteroatoms. The van der Waals surface area contributed by atoms with Crippen LogP contribution in [-0.4, -0.2) is 47.2 Å². The standard InChI is InChI=1S/C14H28N2O2/c1-10(2)12(4)15-14(18)9-16-7-5-6-13(16)8-11(3)17/h10-13,17H,5-9H2,1-4H3,(H,15,18). The number of rotatable bonds is 6. The number of nitrogens with zero attached hydrogens (tertiary/aromatic N) is 1. The molecule has 0 aliphatic carbocycles. The third kappa shape index (κ3) is 4.94. The number of carbonyl (C=O) groups is 1. The van der Waals surface area contributed by atoms with Crippen molar-refractivity contribution in [2.45, 2.75) is 65.1 Å². The van der Waals surface area contributed by atoms with Gasteiger partial charge in [-0.1, -0.05) is 13.8 Å². The lowest BCUT2D eigenvalue weighted by Gasteiger charge is -2.26. The van der Waals surface area contributed by atoms with Gasteiger partial charge in [0.05, 0.1) is 12.6 Å². The zero-order valence-corrected chi connectivity index (χ0v) is 12.1. The Bertz CT molecular complexity index is 267. The number of nitrogens with one attached hydrogen (secondary N) is 1. The van der Waals surface area contributed by atoms with Crippen molar-refractivity contribution in [2.75, 3.05) is 13.1 Å². The summed E-state index contributed by atoms with van der Waals surface area (Å²) in [4.78, 5) is 14.1. The van der Waals surface area contributed by atoms with Crippen LogP contribution >= 0.6 is 0 Å². The van der Waals surface area contributed by atoms with Crippen molar-refractivity contribution in [3.05, 3.63) is 0 Å². The smallest absolute Gasteiger partial charge is 0.234 e. The van der Waals surface area contributed by atoms with Gasteiger partial charge in [0, 0.05) is 12.1 Å². The minimum absolute atomic E-state index is 0.105. The number of hydrogen-bond acceptors (Lipinski definition) is 3. The lowest BCUT2D eigenvalue weighted by Crippen LogP contribution is -2.44. The van der Waals surface area contributed by atoms with Gasteiger partial charge in [-0.2, -0.15) is 0 Å². The van der Waals surface area contributed by atoms with E-state index in [1.165, 1.54) is 0 Å². The molecule has 0 spiro atoms. The van der Waals surface area contributed by atoms with Crippen LogP contribution in [0, 0.1) is 5.92 Å². The van der Waals surface area contributed by atoms with E-state index in [4.69, 9.17) is 0 Å². The van der Waals surface area contributed by atoms with Crippen LogP contribution in [0.15, 0.2) is 0 Å². The van der Waals surface area contributed by atoms with Crippen molar-refractivity contribution in [2.24, 2.45) is 5.92 Å². The Morgan fingerprint density at radius 2 is 2.06 bits per heavy atom. The van der Waals surface area contributed by atoms with Crippen LogP contribution in [0.1, 0.15) is 47.0 Å². The molecule has 1 aliphatic rings. The van der Waals surface area contributed by atoms with Crippen LogP contribution in [0.4, 0.5) is 0 Å². The number of aliphatic hydroxyl groups excluding tert-OH is 1. The number of carbonyl (C=O) groups excluding carboxylic acids is 1. The van der Waals surface area contributed by atoms with Crippen molar-refractivity contribution in [3.8, 4) is 0 Å². The second-order valence-corrected chi connectivity index (χ2v) is 5.95. The van der Waals surface area contributed by atoms with E-state index in [9.17, 15) is 9.90 Å². The van der Waals surface area contributed by atoms with Gasteiger partial charge in [0.1, 0.15) is 0 Å². The largest absolute Gasteiger partial charge is 0.393 e. The Balaban J connectivity index is 2.38. The van der Waals surface area contributed by atoms with Gasteiger partial charge >= 0.3 is 0 Å². The molecule has 0 saturated carbocycles. The molecular formula is C14H28N2O2. The highest BCUT2D eigenvalue weighted by Crippen LogP contribution is 2.20. The molecule has 18 heavy (non-hydrogen) atoms. The minimum atomic E-state index is -0.284. The molecule has 4 nitrogen and oxygen atoms in total. The molecular weight excluding hydrogens is 228 g/mol. The summed E-state index contributed by atoms with van der Waals surface area (Å²) in [5, 5.41) is 12.5. The molecule has 2 N–H and O–H groups in total. The van der Waals surface area contributed by atoms with E-state index in [1.807, 2.05) is 13.8 Å². The van der Waals surface area contributed by atoms with E-state index >= 15 is 0 Å². The fraction of sp³-hybridized carbons (Fsp3) is 0.929. The summed E-state index contributed by atoms with van der Waals surface area (Å²) in [6.45, 7) is 9.51. The van der Waals surface area contributed by atoms with Crippen LogP contribution in [0.25, 0.3) is 0 Å². The van der Waals surface area contributed by atoms with Crippen LogP contribution in [-0.2, 0) is 4.79 Å². The summed E-state index contributed by atoms with van der Waals surface area (Å²) in [5.74, 6) is 0.564. The van der Waals surface area contributed by atoms with E-state index in [-0.39, 0.29) is 18.1 Å². The fourth-order valence-corrected chi connectivity index (χ4v) is 2.41. The van der Waals surface area contributed by atoms with Gasteiger partial charge in [-0.05, 0) is 45.6 Å². The van der Waals surface area contributed by atoms with E-state index in [0.29, 0.717) is 18.5 Å². The number of aliphatic hydroxyl groups is 1. The molecule has 106 valence electrons. The SMILES string of the molecule is CC(O)CC1CCCN1CC(=O)NC(C)C(C)C. The lowest BCUT2D eigenvalue weighted by atomic mass is 10.1. The van der Waals surface area contributed by atoms with E-state index in [2.05, 4.69) is 24.1 Å². The first-order valence-corrected chi connectivity index (χ1v) is 7.11. The quantitative estimate of drug-likeness (QED) is 0.755. The summed E-state index contributed by atoms with van der Waals surface area (Å²) < 4.78 is 0. The zero-order valence-electron chi connectivity index (χ0n) is 12.1. The summed E-state index contributed by atoms with van der Waals surface area (Å²) in [6, 6.07) is 0.584. The molecule has 1 saturated heterocycles. The fourth-order valence-electron chi connectivity index (χ4n) is 2.41. The number of likely N-dealkylation sites (tertiary alicyclic amines) is 1. The molecule has 1 heterocycles. The Kier molecular flexibility index (Phi) is 6.09.